The molecule has 7 heteroatoms. The number of hydrogen-bond donors (Lipinski definition) is 1. The highest BCUT2D eigenvalue weighted by Gasteiger charge is 2.29. The Morgan fingerprint density at radius 3 is 2.76 bits per heavy atom. The molecule has 1 fully saturated rings. The fourth-order valence-electron chi connectivity index (χ4n) is 2.46. The van der Waals surface area contributed by atoms with Crippen LogP contribution in [0.1, 0.15) is 30.1 Å². The second-order valence-electron chi connectivity index (χ2n) is 5.28. The molecule has 0 bridgehead atoms. The molecule has 1 aromatic carbocycles. The maximum atomic E-state index is 12.6. The lowest BCUT2D eigenvalue weighted by molar-refractivity contribution is 0.0597. The van der Waals surface area contributed by atoms with Crippen LogP contribution >= 0.6 is 0 Å². The van der Waals surface area contributed by atoms with Crippen LogP contribution in [0, 0.1) is 5.92 Å². The maximum Gasteiger partial charge on any atom is 0.341 e. The Balaban J connectivity index is 2.38. The van der Waals surface area contributed by atoms with Crippen LogP contribution in [0.25, 0.3) is 0 Å². The molecule has 0 saturated carbocycles. The van der Waals surface area contributed by atoms with Gasteiger partial charge < -0.3 is 9.84 Å². The van der Waals surface area contributed by atoms with E-state index < -0.39 is 16.0 Å². The summed E-state index contributed by atoms with van der Waals surface area (Å²) in [4.78, 5) is 11.5. The largest absolute Gasteiger partial charge is 0.507 e. The molecule has 0 radical (unpaired) electrons. The van der Waals surface area contributed by atoms with E-state index >= 15 is 0 Å². The quantitative estimate of drug-likeness (QED) is 0.857. The number of phenols is 1. The van der Waals surface area contributed by atoms with Crippen LogP contribution in [0.2, 0.25) is 0 Å². The predicted molar refractivity (Wildman–Crippen MR) is 76.6 cm³/mol. The van der Waals surface area contributed by atoms with Crippen molar-refractivity contribution in [3.8, 4) is 5.75 Å². The van der Waals surface area contributed by atoms with Gasteiger partial charge in [-0.25, -0.2) is 13.2 Å². The van der Waals surface area contributed by atoms with E-state index in [-0.39, 0.29) is 16.2 Å². The lowest BCUT2D eigenvalue weighted by Gasteiger charge is -2.30. The average Bonchev–Trinajstić information content (AvgIpc) is 2.46. The standard InChI is InChI=1S/C14H19NO5S/c1-10-4-3-7-15(9-10)21(18,19)11-5-6-13(16)12(8-11)14(17)20-2/h5-6,8,10,16H,3-4,7,9H2,1-2H3. The number of nitrogens with zero attached hydrogens (tertiary/aromatic N) is 1. The van der Waals surface area contributed by atoms with Gasteiger partial charge in [-0.15, -0.1) is 0 Å². The van der Waals surface area contributed by atoms with Gasteiger partial charge in [-0.1, -0.05) is 6.92 Å². The average molecular weight is 313 g/mol. The molecule has 1 unspecified atom stereocenters. The summed E-state index contributed by atoms with van der Waals surface area (Å²) in [6.45, 7) is 2.95. The summed E-state index contributed by atoms with van der Waals surface area (Å²) < 4.78 is 31.2. The van der Waals surface area contributed by atoms with Crippen LogP contribution in [0.5, 0.6) is 5.75 Å². The topological polar surface area (TPSA) is 83.9 Å². The van der Waals surface area contributed by atoms with Gasteiger partial charge in [-0.2, -0.15) is 4.31 Å². The fraction of sp³-hybridized carbons (Fsp3) is 0.500. The first kappa shape index (κ1) is 15.8. The number of hydrogen-bond acceptors (Lipinski definition) is 5. The molecule has 116 valence electrons. The third-order valence-electron chi connectivity index (χ3n) is 3.63. The summed E-state index contributed by atoms with van der Waals surface area (Å²) in [5, 5.41) is 9.65. The Morgan fingerprint density at radius 2 is 2.14 bits per heavy atom. The first-order valence-corrected chi connectivity index (χ1v) is 8.21. The monoisotopic (exact) mass is 313 g/mol. The van der Waals surface area contributed by atoms with Crippen LogP contribution in [0.3, 0.4) is 0 Å². The third kappa shape index (κ3) is 3.19. The van der Waals surface area contributed by atoms with Crippen molar-refractivity contribution in [2.24, 2.45) is 5.92 Å². The van der Waals surface area contributed by atoms with E-state index in [4.69, 9.17) is 0 Å². The molecule has 1 atom stereocenters. The Kier molecular flexibility index (Phi) is 4.53. The van der Waals surface area contributed by atoms with Gasteiger partial charge in [0.15, 0.2) is 0 Å². The van der Waals surface area contributed by atoms with Crippen molar-refractivity contribution >= 4 is 16.0 Å². The van der Waals surface area contributed by atoms with Crippen LogP contribution in [-0.2, 0) is 14.8 Å². The molecule has 0 aliphatic carbocycles. The highest BCUT2D eigenvalue weighted by molar-refractivity contribution is 7.89. The van der Waals surface area contributed by atoms with Crippen molar-refractivity contribution in [2.75, 3.05) is 20.2 Å². The number of benzene rings is 1. The van der Waals surface area contributed by atoms with Crippen LogP contribution < -0.4 is 0 Å². The van der Waals surface area contributed by atoms with E-state index in [1.807, 2.05) is 6.92 Å². The van der Waals surface area contributed by atoms with Crippen LogP contribution in [-0.4, -0.2) is 44.0 Å². The van der Waals surface area contributed by atoms with Gasteiger partial charge in [0.2, 0.25) is 10.0 Å². The molecular formula is C14H19NO5S. The molecule has 6 nitrogen and oxygen atoms in total. The second-order valence-corrected chi connectivity index (χ2v) is 7.22. The number of carbonyl (C=O) groups is 1. The molecule has 1 saturated heterocycles. The summed E-state index contributed by atoms with van der Waals surface area (Å²) in [7, 11) is -2.49. The van der Waals surface area contributed by atoms with Crippen LogP contribution in [0.4, 0.5) is 0 Å². The highest BCUT2D eigenvalue weighted by Crippen LogP contribution is 2.27. The number of carbonyl (C=O) groups excluding carboxylic acids is 1. The van der Waals surface area contributed by atoms with Gasteiger partial charge >= 0.3 is 5.97 Å². The van der Waals surface area contributed by atoms with Crippen molar-refractivity contribution in [1.82, 2.24) is 4.31 Å². The maximum absolute atomic E-state index is 12.6. The number of phenolic OH excluding ortho intramolecular Hbond substituents is 1. The van der Waals surface area contributed by atoms with E-state index in [1.165, 1.54) is 23.5 Å². The van der Waals surface area contributed by atoms with E-state index in [0.717, 1.165) is 18.9 Å². The number of sulfonamides is 1. The highest BCUT2D eigenvalue weighted by atomic mass is 32.2. The number of aromatic hydroxyl groups is 1. The van der Waals surface area contributed by atoms with Gasteiger partial charge in [0.05, 0.1) is 12.0 Å². The predicted octanol–water partition coefficient (Wildman–Crippen LogP) is 1.60. The molecule has 1 aliphatic heterocycles. The van der Waals surface area contributed by atoms with E-state index in [9.17, 15) is 18.3 Å². The van der Waals surface area contributed by atoms with Gasteiger partial charge in [-0.3, -0.25) is 0 Å². The van der Waals surface area contributed by atoms with Crippen LogP contribution in [0.15, 0.2) is 23.1 Å². The summed E-state index contributed by atoms with van der Waals surface area (Å²) in [6.07, 6.45) is 1.83. The Labute approximate surface area is 124 Å². The Morgan fingerprint density at radius 1 is 1.43 bits per heavy atom. The molecule has 1 N–H and O–H groups in total. The third-order valence-corrected chi connectivity index (χ3v) is 5.49. The lowest BCUT2D eigenvalue weighted by atomic mass is 10.0. The summed E-state index contributed by atoms with van der Waals surface area (Å²) >= 11 is 0. The number of ether oxygens (including phenoxy) is 1. The van der Waals surface area contributed by atoms with Crippen molar-refractivity contribution < 1.29 is 23.1 Å². The zero-order chi connectivity index (χ0) is 15.6. The lowest BCUT2D eigenvalue weighted by Crippen LogP contribution is -2.39. The number of rotatable bonds is 3. The summed E-state index contributed by atoms with van der Waals surface area (Å²) in [5.41, 5.74) is -0.149. The van der Waals surface area contributed by atoms with Gasteiger partial charge in [-0.05, 0) is 37.0 Å². The Hall–Kier alpha value is -1.60. The first-order chi connectivity index (χ1) is 9.86. The minimum absolute atomic E-state index is 0.00481. The van der Waals surface area contributed by atoms with Gasteiger partial charge in [0.25, 0.3) is 0 Å². The number of esters is 1. The van der Waals surface area contributed by atoms with Crippen molar-refractivity contribution in [3.05, 3.63) is 23.8 Å². The van der Waals surface area contributed by atoms with Gasteiger partial charge in [0.1, 0.15) is 11.3 Å². The molecular weight excluding hydrogens is 294 g/mol. The van der Waals surface area contributed by atoms with E-state index in [1.54, 1.807) is 0 Å². The van der Waals surface area contributed by atoms with Crippen molar-refractivity contribution in [3.63, 3.8) is 0 Å². The summed E-state index contributed by atoms with van der Waals surface area (Å²) in [6, 6.07) is 3.67. The molecule has 1 aliphatic rings. The van der Waals surface area contributed by atoms with E-state index in [0.29, 0.717) is 19.0 Å². The molecule has 21 heavy (non-hydrogen) atoms. The molecule has 0 spiro atoms. The minimum Gasteiger partial charge on any atom is -0.507 e. The fourth-order valence-corrected chi connectivity index (χ4v) is 4.09. The Bertz CT molecular complexity index is 641. The summed E-state index contributed by atoms with van der Waals surface area (Å²) in [5.74, 6) is -0.755. The minimum atomic E-state index is -3.66. The normalized spacial score (nSPS) is 20.2. The zero-order valence-electron chi connectivity index (χ0n) is 12.1. The molecule has 1 heterocycles. The molecule has 0 amide bonds. The zero-order valence-corrected chi connectivity index (χ0v) is 12.9. The smallest absolute Gasteiger partial charge is 0.341 e. The van der Waals surface area contributed by atoms with Crippen molar-refractivity contribution in [2.45, 2.75) is 24.7 Å². The molecule has 2 rings (SSSR count). The van der Waals surface area contributed by atoms with Crippen molar-refractivity contribution in [1.29, 1.82) is 0 Å². The van der Waals surface area contributed by atoms with E-state index in [2.05, 4.69) is 4.74 Å². The van der Waals surface area contributed by atoms with Gasteiger partial charge in [0, 0.05) is 13.1 Å². The number of piperidine rings is 1. The molecule has 0 aromatic heterocycles. The SMILES string of the molecule is COC(=O)c1cc(S(=O)(=O)N2CCCC(C)C2)ccc1O. The number of methoxy groups -OCH3 is 1. The second kappa shape index (κ2) is 6.03. The molecule has 1 aromatic rings. The first-order valence-electron chi connectivity index (χ1n) is 6.77.